The van der Waals surface area contributed by atoms with E-state index in [4.69, 9.17) is 11.6 Å². The highest BCUT2D eigenvalue weighted by molar-refractivity contribution is 6.21. The zero-order valence-electron chi connectivity index (χ0n) is 9.38. The van der Waals surface area contributed by atoms with Crippen molar-refractivity contribution in [2.24, 2.45) is 0 Å². The molecule has 0 N–H and O–H groups in total. The average molecular weight is 278 g/mol. The molecule has 0 saturated carbocycles. The van der Waals surface area contributed by atoms with E-state index in [0.29, 0.717) is 6.42 Å². The maximum atomic E-state index is 12.4. The van der Waals surface area contributed by atoms with Gasteiger partial charge in [0.2, 0.25) is 0 Å². The summed E-state index contributed by atoms with van der Waals surface area (Å²) in [6.07, 6.45) is -4.45. The van der Waals surface area contributed by atoms with Crippen molar-refractivity contribution < 1.29 is 18.0 Å². The number of alkyl halides is 4. The molecule has 98 valence electrons. The minimum atomic E-state index is -4.84. The molecule has 1 aromatic rings. The van der Waals surface area contributed by atoms with E-state index in [2.05, 4.69) is 0 Å². The Bertz CT molecular complexity index is 461. The van der Waals surface area contributed by atoms with Crippen LogP contribution in [0.1, 0.15) is 16.5 Å². The summed E-state index contributed by atoms with van der Waals surface area (Å²) in [6, 6.07) is 7.21. The Labute approximate surface area is 107 Å². The van der Waals surface area contributed by atoms with Crippen LogP contribution in [0.25, 0.3) is 0 Å². The van der Waals surface area contributed by atoms with E-state index in [1.807, 2.05) is 12.1 Å². The van der Waals surface area contributed by atoms with Gasteiger partial charge in [-0.15, -0.1) is 11.6 Å². The van der Waals surface area contributed by atoms with Gasteiger partial charge >= 0.3 is 12.1 Å². The molecule has 1 heterocycles. The van der Waals surface area contributed by atoms with Crippen LogP contribution in [0.3, 0.4) is 0 Å². The van der Waals surface area contributed by atoms with Gasteiger partial charge in [-0.25, -0.2) is 0 Å². The van der Waals surface area contributed by atoms with Gasteiger partial charge in [-0.2, -0.15) is 13.2 Å². The summed E-state index contributed by atoms with van der Waals surface area (Å²) < 4.78 is 37.2. The second kappa shape index (κ2) is 4.80. The van der Waals surface area contributed by atoms with E-state index in [-0.39, 0.29) is 13.1 Å². The lowest BCUT2D eigenvalue weighted by Gasteiger charge is -2.23. The van der Waals surface area contributed by atoms with Crippen LogP contribution in [0.4, 0.5) is 13.2 Å². The van der Waals surface area contributed by atoms with Gasteiger partial charge in [-0.05, 0) is 17.5 Å². The minimum absolute atomic E-state index is 0.0403. The second-order valence-electron chi connectivity index (χ2n) is 4.17. The molecule has 0 radical (unpaired) electrons. The second-order valence-corrected chi connectivity index (χ2v) is 4.69. The number of carbonyl (C=O) groups is 1. The van der Waals surface area contributed by atoms with Gasteiger partial charge in [0.25, 0.3) is 0 Å². The SMILES string of the molecule is O=C(N1CCc2ccccc2C(Cl)C1)C(F)(F)F. The Hall–Kier alpha value is -1.23. The normalized spacial score (nSPS) is 20.2. The smallest absolute Gasteiger partial charge is 0.333 e. The zero-order chi connectivity index (χ0) is 13.3. The maximum Gasteiger partial charge on any atom is 0.471 e. The summed E-state index contributed by atoms with van der Waals surface area (Å²) in [5.74, 6) is -1.82. The third-order valence-corrected chi connectivity index (χ3v) is 3.33. The third kappa shape index (κ3) is 2.61. The van der Waals surface area contributed by atoms with Crippen LogP contribution in [0.5, 0.6) is 0 Å². The van der Waals surface area contributed by atoms with Crippen LogP contribution in [0, 0.1) is 0 Å². The summed E-state index contributed by atoms with van der Waals surface area (Å²) in [5.41, 5.74) is 1.70. The fraction of sp³-hybridized carbons (Fsp3) is 0.417. The molecule has 1 amide bonds. The molecule has 1 aliphatic rings. The molecule has 0 aliphatic carbocycles. The predicted octanol–water partition coefficient (Wildman–Crippen LogP) is 2.91. The number of halogens is 4. The highest BCUT2D eigenvalue weighted by Gasteiger charge is 2.43. The molecule has 6 heteroatoms. The van der Waals surface area contributed by atoms with Crippen LogP contribution in [0.15, 0.2) is 24.3 Å². The van der Waals surface area contributed by atoms with E-state index < -0.39 is 17.5 Å². The summed E-state index contributed by atoms with van der Waals surface area (Å²) in [5, 5.41) is -0.602. The van der Waals surface area contributed by atoms with Gasteiger partial charge in [-0.3, -0.25) is 4.79 Å². The van der Waals surface area contributed by atoms with Crippen molar-refractivity contribution in [2.75, 3.05) is 13.1 Å². The Kier molecular flexibility index (Phi) is 3.52. The maximum absolute atomic E-state index is 12.4. The van der Waals surface area contributed by atoms with Crippen molar-refractivity contribution >= 4 is 17.5 Å². The van der Waals surface area contributed by atoms with E-state index >= 15 is 0 Å². The van der Waals surface area contributed by atoms with Crippen LogP contribution in [-0.4, -0.2) is 30.1 Å². The van der Waals surface area contributed by atoms with Gasteiger partial charge in [0.05, 0.1) is 5.38 Å². The van der Waals surface area contributed by atoms with Crippen molar-refractivity contribution in [2.45, 2.75) is 18.0 Å². The highest BCUT2D eigenvalue weighted by Crippen LogP contribution is 2.30. The third-order valence-electron chi connectivity index (χ3n) is 2.95. The Morgan fingerprint density at radius 2 is 2.00 bits per heavy atom. The lowest BCUT2D eigenvalue weighted by atomic mass is 10.0. The number of nitrogens with zero attached hydrogens (tertiary/aromatic N) is 1. The van der Waals surface area contributed by atoms with Crippen molar-refractivity contribution in [3.05, 3.63) is 35.4 Å². The van der Waals surface area contributed by atoms with Gasteiger partial charge < -0.3 is 4.90 Å². The molecule has 0 saturated heterocycles. The standard InChI is InChI=1S/C12H11ClF3NO/c13-10-7-17(11(18)12(14,15)16)6-5-8-3-1-2-4-9(8)10/h1-4,10H,5-7H2. The Morgan fingerprint density at radius 1 is 1.33 bits per heavy atom. The fourth-order valence-corrected chi connectivity index (χ4v) is 2.45. The first-order valence-corrected chi connectivity index (χ1v) is 5.91. The van der Waals surface area contributed by atoms with E-state index in [1.54, 1.807) is 12.1 Å². The van der Waals surface area contributed by atoms with Crippen molar-refractivity contribution in [3.8, 4) is 0 Å². The van der Waals surface area contributed by atoms with Gasteiger partial charge in [0, 0.05) is 13.1 Å². The number of hydrogen-bond acceptors (Lipinski definition) is 1. The Morgan fingerprint density at radius 3 is 2.67 bits per heavy atom. The lowest BCUT2D eigenvalue weighted by molar-refractivity contribution is -0.185. The largest absolute Gasteiger partial charge is 0.471 e. The number of benzene rings is 1. The van der Waals surface area contributed by atoms with Crippen molar-refractivity contribution in [1.29, 1.82) is 0 Å². The fourth-order valence-electron chi connectivity index (χ4n) is 2.07. The number of amides is 1. The number of carbonyl (C=O) groups excluding carboxylic acids is 1. The molecule has 0 aromatic heterocycles. The topological polar surface area (TPSA) is 20.3 Å². The predicted molar refractivity (Wildman–Crippen MR) is 61.4 cm³/mol. The molecule has 1 aliphatic heterocycles. The molecule has 2 nitrogen and oxygen atoms in total. The number of hydrogen-bond donors (Lipinski definition) is 0. The average Bonchev–Trinajstić information content (AvgIpc) is 2.47. The first-order valence-electron chi connectivity index (χ1n) is 5.47. The van der Waals surface area contributed by atoms with Gasteiger partial charge in [-0.1, -0.05) is 24.3 Å². The van der Waals surface area contributed by atoms with Gasteiger partial charge in [0.15, 0.2) is 0 Å². The first-order chi connectivity index (χ1) is 8.39. The summed E-state index contributed by atoms with van der Waals surface area (Å²) >= 11 is 6.08. The molecule has 1 aromatic carbocycles. The van der Waals surface area contributed by atoms with Crippen molar-refractivity contribution in [3.63, 3.8) is 0 Å². The van der Waals surface area contributed by atoms with E-state index in [9.17, 15) is 18.0 Å². The molecule has 18 heavy (non-hydrogen) atoms. The number of rotatable bonds is 0. The monoisotopic (exact) mass is 277 g/mol. The van der Waals surface area contributed by atoms with Crippen LogP contribution in [0.2, 0.25) is 0 Å². The minimum Gasteiger partial charge on any atom is -0.333 e. The quantitative estimate of drug-likeness (QED) is 0.668. The van der Waals surface area contributed by atoms with Crippen molar-refractivity contribution in [1.82, 2.24) is 4.90 Å². The van der Waals surface area contributed by atoms with Gasteiger partial charge in [0.1, 0.15) is 0 Å². The van der Waals surface area contributed by atoms with Crippen LogP contribution in [-0.2, 0) is 11.2 Å². The summed E-state index contributed by atoms with van der Waals surface area (Å²) in [4.78, 5) is 12.0. The van der Waals surface area contributed by atoms with E-state index in [0.717, 1.165) is 16.0 Å². The summed E-state index contributed by atoms with van der Waals surface area (Å²) in [7, 11) is 0. The van der Waals surface area contributed by atoms with Crippen LogP contribution >= 0.6 is 11.6 Å². The molecule has 2 rings (SSSR count). The highest BCUT2D eigenvalue weighted by atomic mass is 35.5. The van der Waals surface area contributed by atoms with E-state index in [1.165, 1.54) is 0 Å². The molecule has 0 fully saturated rings. The summed E-state index contributed by atoms with van der Waals surface area (Å²) in [6.45, 7) is -0.0739. The molecular weight excluding hydrogens is 267 g/mol. The Balaban J connectivity index is 2.22. The first kappa shape index (κ1) is 13.2. The molecule has 1 atom stereocenters. The molecule has 0 bridgehead atoms. The lowest BCUT2D eigenvalue weighted by Crippen LogP contribution is -2.42. The molecular formula is C12H11ClF3NO. The molecule has 0 spiro atoms. The zero-order valence-corrected chi connectivity index (χ0v) is 10.1. The molecule has 1 unspecified atom stereocenters. The van der Waals surface area contributed by atoms with Crippen LogP contribution < -0.4 is 0 Å². The number of fused-ring (bicyclic) bond motifs is 1.